The van der Waals surface area contributed by atoms with Crippen LogP contribution in [0, 0.1) is 6.92 Å². The first kappa shape index (κ1) is 22.6. The summed E-state index contributed by atoms with van der Waals surface area (Å²) in [5.74, 6) is 1.46. The van der Waals surface area contributed by atoms with Gasteiger partial charge in [-0.3, -0.25) is 4.57 Å². The van der Waals surface area contributed by atoms with Crippen molar-refractivity contribution in [1.29, 1.82) is 0 Å². The highest BCUT2D eigenvalue weighted by atomic mass is 16.4. The smallest absolute Gasteiger partial charge is 0.423 e. The van der Waals surface area contributed by atoms with E-state index >= 15 is 0 Å². The minimum atomic E-state index is -1.49. The van der Waals surface area contributed by atoms with E-state index in [-0.39, 0.29) is 0 Å². The zero-order chi connectivity index (χ0) is 23.8. The van der Waals surface area contributed by atoms with Gasteiger partial charge in [-0.15, -0.1) is 0 Å². The summed E-state index contributed by atoms with van der Waals surface area (Å²) in [6.45, 7) is 4.76. The molecule has 5 N–H and O–H groups in total. The van der Waals surface area contributed by atoms with Crippen LogP contribution in [-0.4, -0.2) is 50.2 Å². The van der Waals surface area contributed by atoms with Crippen LogP contribution in [0.2, 0.25) is 0 Å². The first-order valence-corrected chi connectivity index (χ1v) is 11.5. The highest BCUT2D eigenvalue weighted by Gasteiger charge is 2.22. The van der Waals surface area contributed by atoms with Gasteiger partial charge in [0.1, 0.15) is 5.82 Å². The number of likely N-dealkylation sites (N-methyl/N-ethyl adjacent to an activating group) is 1. The topological polar surface area (TPSA) is 112 Å². The minimum Gasteiger partial charge on any atom is -0.423 e. The van der Waals surface area contributed by atoms with E-state index in [4.69, 9.17) is 15.7 Å². The third-order valence-corrected chi connectivity index (χ3v) is 6.49. The second kappa shape index (κ2) is 9.19. The van der Waals surface area contributed by atoms with Crippen molar-refractivity contribution in [2.75, 3.05) is 18.9 Å². The molecule has 0 saturated carbocycles. The van der Waals surface area contributed by atoms with Crippen molar-refractivity contribution in [3.8, 4) is 5.95 Å². The SMILES string of the molecule is Cc1cc2c(CN)cccc2n1-c1nc2c(c(NCc3cccc(B(O)O)c3)n1)CCN(C)C2. The summed E-state index contributed by atoms with van der Waals surface area (Å²) in [5, 5.41) is 23.6. The summed E-state index contributed by atoms with van der Waals surface area (Å²) < 4.78 is 2.09. The summed E-state index contributed by atoms with van der Waals surface area (Å²) >= 11 is 0. The molecule has 0 bridgehead atoms. The van der Waals surface area contributed by atoms with E-state index in [0.29, 0.717) is 24.5 Å². The number of aryl methyl sites for hydroxylation is 1. The Hall–Kier alpha value is -3.24. The van der Waals surface area contributed by atoms with Gasteiger partial charge < -0.3 is 26.0 Å². The summed E-state index contributed by atoms with van der Waals surface area (Å²) in [6.07, 6.45) is 0.868. The molecule has 0 radical (unpaired) electrons. The predicted molar refractivity (Wildman–Crippen MR) is 135 cm³/mol. The molecule has 4 aromatic rings. The fourth-order valence-electron chi connectivity index (χ4n) is 4.71. The van der Waals surface area contributed by atoms with E-state index in [2.05, 4.69) is 47.0 Å². The Morgan fingerprint density at radius 3 is 2.74 bits per heavy atom. The number of nitrogens with one attached hydrogen (secondary N) is 1. The van der Waals surface area contributed by atoms with Gasteiger partial charge in [0.2, 0.25) is 5.95 Å². The normalized spacial score (nSPS) is 13.8. The summed E-state index contributed by atoms with van der Waals surface area (Å²) in [6, 6.07) is 15.6. The maximum atomic E-state index is 9.51. The zero-order valence-corrected chi connectivity index (χ0v) is 19.5. The number of fused-ring (bicyclic) bond motifs is 2. The van der Waals surface area contributed by atoms with E-state index in [1.54, 1.807) is 12.1 Å². The van der Waals surface area contributed by atoms with Crippen molar-refractivity contribution in [2.45, 2.75) is 33.0 Å². The number of nitrogens with zero attached hydrogens (tertiary/aromatic N) is 4. The Morgan fingerprint density at radius 1 is 1.12 bits per heavy atom. The maximum Gasteiger partial charge on any atom is 0.488 e. The van der Waals surface area contributed by atoms with Gasteiger partial charge in [0, 0.05) is 42.8 Å². The molecule has 2 aromatic heterocycles. The van der Waals surface area contributed by atoms with Crippen LogP contribution in [0.25, 0.3) is 16.9 Å². The number of hydrogen-bond acceptors (Lipinski definition) is 7. The number of aromatic nitrogens is 3. The fourth-order valence-corrected chi connectivity index (χ4v) is 4.71. The number of rotatable bonds is 6. The lowest BCUT2D eigenvalue weighted by atomic mass is 9.79. The monoisotopic (exact) mass is 456 g/mol. The van der Waals surface area contributed by atoms with Crippen molar-refractivity contribution >= 4 is 29.3 Å². The molecule has 9 heteroatoms. The van der Waals surface area contributed by atoms with E-state index in [0.717, 1.165) is 64.3 Å². The van der Waals surface area contributed by atoms with E-state index in [1.807, 2.05) is 18.2 Å². The van der Waals surface area contributed by atoms with Crippen LogP contribution in [-0.2, 0) is 26.1 Å². The van der Waals surface area contributed by atoms with Crippen LogP contribution in [0.3, 0.4) is 0 Å². The quantitative estimate of drug-likeness (QED) is 0.325. The molecule has 0 unspecified atom stereocenters. The molecule has 1 aliphatic heterocycles. The second-order valence-electron chi connectivity index (χ2n) is 8.93. The molecule has 174 valence electrons. The Morgan fingerprint density at radius 2 is 1.94 bits per heavy atom. The third kappa shape index (κ3) is 4.19. The standard InChI is InChI=1S/C25H29BN6O2/c1-16-11-21-18(13-27)6-4-8-23(21)32(16)25-29-22-15-31(2)10-9-20(22)24(30-25)28-14-17-5-3-7-19(12-17)26(33)34/h3-8,11-12,33-34H,9-10,13-15,27H2,1-2H3,(H,28,29,30). The molecule has 0 atom stereocenters. The number of benzene rings is 2. The van der Waals surface area contributed by atoms with Crippen molar-refractivity contribution in [3.63, 3.8) is 0 Å². The molecule has 0 saturated heterocycles. The average Bonchev–Trinajstić information content (AvgIpc) is 3.18. The maximum absolute atomic E-state index is 9.51. The van der Waals surface area contributed by atoms with Gasteiger partial charge in [0.05, 0.1) is 11.2 Å². The van der Waals surface area contributed by atoms with Gasteiger partial charge >= 0.3 is 7.12 Å². The van der Waals surface area contributed by atoms with Crippen LogP contribution in [0.15, 0.2) is 48.5 Å². The molecule has 0 amide bonds. The lowest BCUT2D eigenvalue weighted by Crippen LogP contribution is -2.30. The van der Waals surface area contributed by atoms with Gasteiger partial charge in [-0.1, -0.05) is 36.4 Å². The zero-order valence-electron chi connectivity index (χ0n) is 19.5. The molecule has 5 rings (SSSR count). The molecule has 8 nitrogen and oxygen atoms in total. The average molecular weight is 456 g/mol. The third-order valence-electron chi connectivity index (χ3n) is 6.49. The highest BCUT2D eigenvalue weighted by Crippen LogP contribution is 2.29. The van der Waals surface area contributed by atoms with Gasteiger partial charge in [0.25, 0.3) is 0 Å². The van der Waals surface area contributed by atoms with Crippen molar-refractivity contribution in [2.24, 2.45) is 5.73 Å². The van der Waals surface area contributed by atoms with Gasteiger partial charge in [0.15, 0.2) is 0 Å². The Labute approximate surface area is 199 Å². The molecule has 0 spiro atoms. The van der Waals surface area contributed by atoms with Crippen LogP contribution in [0.5, 0.6) is 0 Å². The number of anilines is 1. The molecule has 2 aromatic carbocycles. The van der Waals surface area contributed by atoms with Gasteiger partial charge in [-0.25, -0.2) is 4.98 Å². The van der Waals surface area contributed by atoms with Crippen LogP contribution < -0.4 is 16.5 Å². The Balaban J connectivity index is 1.57. The predicted octanol–water partition coefficient (Wildman–Crippen LogP) is 1.47. The number of hydrogen-bond donors (Lipinski definition) is 4. The molecule has 0 fully saturated rings. The van der Waals surface area contributed by atoms with Crippen LogP contribution in [0.4, 0.5) is 5.82 Å². The highest BCUT2D eigenvalue weighted by molar-refractivity contribution is 6.58. The Bertz CT molecular complexity index is 1350. The Kier molecular flexibility index (Phi) is 6.10. The first-order valence-electron chi connectivity index (χ1n) is 11.5. The van der Waals surface area contributed by atoms with Crippen molar-refractivity contribution in [1.82, 2.24) is 19.4 Å². The molecule has 3 heterocycles. The van der Waals surface area contributed by atoms with E-state index in [9.17, 15) is 10.0 Å². The van der Waals surface area contributed by atoms with Gasteiger partial charge in [-0.05, 0) is 49.1 Å². The molecular formula is C25H29BN6O2. The van der Waals surface area contributed by atoms with Crippen molar-refractivity contribution in [3.05, 3.63) is 76.6 Å². The first-order chi connectivity index (χ1) is 16.4. The summed E-state index contributed by atoms with van der Waals surface area (Å²) in [5.41, 5.74) is 12.7. The molecule has 1 aliphatic rings. The lowest BCUT2D eigenvalue weighted by Gasteiger charge is -2.26. The minimum absolute atomic E-state index is 0.469. The molecule has 0 aliphatic carbocycles. The second-order valence-corrected chi connectivity index (χ2v) is 8.93. The largest absolute Gasteiger partial charge is 0.488 e. The summed E-state index contributed by atoms with van der Waals surface area (Å²) in [7, 11) is 0.616. The van der Waals surface area contributed by atoms with Crippen molar-refractivity contribution < 1.29 is 10.0 Å². The van der Waals surface area contributed by atoms with E-state index in [1.165, 1.54) is 0 Å². The van der Waals surface area contributed by atoms with Gasteiger partial charge in [-0.2, -0.15) is 4.98 Å². The fraction of sp³-hybridized carbons (Fsp3) is 0.280. The molecule has 34 heavy (non-hydrogen) atoms. The van der Waals surface area contributed by atoms with Crippen LogP contribution >= 0.6 is 0 Å². The lowest BCUT2D eigenvalue weighted by molar-refractivity contribution is 0.307. The summed E-state index contributed by atoms with van der Waals surface area (Å²) in [4.78, 5) is 12.2. The molecular weight excluding hydrogens is 427 g/mol. The number of nitrogens with two attached hydrogens (primary N) is 1. The van der Waals surface area contributed by atoms with Crippen LogP contribution in [0.1, 0.15) is 28.1 Å². The van der Waals surface area contributed by atoms with E-state index < -0.39 is 7.12 Å².